The highest BCUT2D eigenvalue weighted by atomic mass is 14.8. The zero-order valence-electron chi connectivity index (χ0n) is 12.3. The van der Waals surface area contributed by atoms with Crippen molar-refractivity contribution in [3.63, 3.8) is 0 Å². The van der Waals surface area contributed by atoms with Gasteiger partial charge in [0.05, 0.1) is 0 Å². The first kappa shape index (κ1) is 15.2. The summed E-state index contributed by atoms with van der Waals surface area (Å²) in [6, 6.07) is 9.15. The summed E-state index contributed by atoms with van der Waals surface area (Å²) in [6.45, 7) is 9.06. The van der Waals surface area contributed by atoms with Crippen molar-refractivity contribution in [1.82, 2.24) is 5.32 Å². The monoisotopic (exact) mass is 247 g/mol. The molecule has 0 bridgehead atoms. The summed E-state index contributed by atoms with van der Waals surface area (Å²) in [4.78, 5) is 0. The van der Waals surface area contributed by atoms with Gasteiger partial charge in [-0.1, -0.05) is 51.5 Å². The second-order valence-corrected chi connectivity index (χ2v) is 5.46. The fourth-order valence-corrected chi connectivity index (χ4v) is 2.13. The lowest BCUT2D eigenvalue weighted by Crippen LogP contribution is -2.15. The van der Waals surface area contributed by atoms with Gasteiger partial charge in [-0.25, -0.2) is 0 Å². The van der Waals surface area contributed by atoms with Gasteiger partial charge >= 0.3 is 0 Å². The van der Waals surface area contributed by atoms with Crippen molar-refractivity contribution in [3.8, 4) is 0 Å². The number of unbranched alkanes of at least 4 members (excludes halogenated alkanes) is 2. The van der Waals surface area contributed by atoms with E-state index in [4.69, 9.17) is 0 Å². The van der Waals surface area contributed by atoms with Gasteiger partial charge in [0, 0.05) is 0 Å². The molecule has 0 aliphatic carbocycles. The van der Waals surface area contributed by atoms with Gasteiger partial charge in [0.25, 0.3) is 0 Å². The third-order valence-corrected chi connectivity index (χ3v) is 3.39. The topological polar surface area (TPSA) is 12.0 Å². The Bertz CT molecular complexity index is 300. The maximum atomic E-state index is 3.45. The number of benzene rings is 1. The van der Waals surface area contributed by atoms with Crippen LogP contribution in [-0.2, 0) is 6.42 Å². The molecular formula is C17H29N. The Morgan fingerprint density at radius 2 is 1.67 bits per heavy atom. The van der Waals surface area contributed by atoms with Crippen molar-refractivity contribution < 1.29 is 0 Å². The minimum Gasteiger partial charge on any atom is -0.317 e. The summed E-state index contributed by atoms with van der Waals surface area (Å²) in [5.41, 5.74) is 2.93. The maximum Gasteiger partial charge on any atom is -0.00489 e. The van der Waals surface area contributed by atoms with E-state index < -0.39 is 0 Å². The van der Waals surface area contributed by atoms with Gasteiger partial charge < -0.3 is 5.32 Å². The van der Waals surface area contributed by atoms with E-state index in [1.54, 1.807) is 0 Å². The maximum absolute atomic E-state index is 3.45. The summed E-state index contributed by atoms with van der Waals surface area (Å²) >= 11 is 0. The summed E-state index contributed by atoms with van der Waals surface area (Å²) < 4.78 is 0. The Balaban J connectivity index is 2.12. The van der Waals surface area contributed by atoms with Crippen LogP contribution in [0.15, 0.2) is 24.3 Å². The van der Waals surface area contributed by atoms with E-state index in [-0.39, 0.29) is 0 Å². The predicted octanol–water partition coefficient (Wildman–Crippen LogP) is 4.52. The number of nitrogens with one attached hydrogen (secondary N) is 1. The largest absolute Gasteiger partial charge is 0.317 e. The lowest BCUT2D eigenvalue weighted by atomic mass is 10.00. The van der Waals surface area contributed by atoms with Gasteiger partial charge in [-0.2, -0.15) is 0 Å². The molecule has 0 radical (unpaired) electrons. The molecule has 1 nitrogen and oxygen atoms in total. The van der Waals surface area contributed by atoms with E-state index in [9.17, 15) is 0 Å². The summed E-state index contributed by atoms with van der Waals surface area (Å²) in [6.07, 6.45) is 6.43. The van der Waals surface area contributed by atoms with Gasteiger partial charge in [-0.3, -0.25) is 0 Å². The molecule has 0 aliphatic rings. The van der Waals surface area contributed by atoms with Crippen LogP contribution in [0.2, 0.25) is 0 Å². The van der Waals surface area contributed by atoms with E-state index in [1.165, 1.54) is 49.8 Å². The van der Waals surface area contributed by atoms with Crippen LogP contribution in [0, 0.1) is 0 Å². The minimum atomic E-state index is 0.642. The lowest BCUT2D eigenvalue weighted by Gasteiger charge is -2.07. The highest BCUT2D eigenvalue weighted by Gasteiger charge is 1.99. The highest BCUT2D eigenvalue weighted by Crippen LogP contribution is 2.15. The second-order valence-electron chi connectivity index (χ2n) is 5.46. The van der Waals surface area contributed by atoms with Gasteiger partial charge in [-0.15, -0.1) is 0 Å². The molecule has 0 atom stereocenters. The van der Waals surface area contributed by atoms with Crippen molar-refractivity contribution in [3.05, 3.63) is 35.4 Å². The Labute approximate surface area is 113 Å². The first-order valence-corrected chi connectivity index (χ1v) is 7.53. The first-order valence-electron chi connectivity index (χ1n) is 7.53. The zero-order valence-corrected chi connectivity index (χ0v) is 12.3. The third kappa shape index (κ3) is 6.20. The molecule has 1 rings (SSSR count). The molecule has 102 valence electrons. The van der Waals surface area contributed by atoms with E-state index in [2.05, 4.69) is 50.4 Å². The van der Waals surface area contributed by atoms with E-state index >= 15 is 0 Å². The zero-order chi connectivity index (χ0) is 13.2. The third-order valence-electron chi connectivity index (χ3n) is 3.39. The highest BCUT2D eigenvalue weighted by molar-refractivity contribution is 5.24. The summed E-state index contributed by atoms with van der Waals surface area (Å²) in [7, 11) is 0. The van der Waals surface area contributed by atoms with Gasteiger partial charge in [0.15, 0.2) is 0 Å². The standard InChI is InChI=1S/C17H29N/c1-4-13-18-14-7-5-6-8-16-9-11-17(12-10-16)15(2)3/h9-12,15,18H,4-8,13-14H2,1-3H3. The Morgan fingerprint density at radius 3 is 2.28 bits per heavy atom. The lowest BCUT2D eigenvalue weighted by molar-refractivity contribution is 0.599. The smallest absolute Gasteiger partial charge is 0.00489 e. The number of rotatable bonds is 9. The number of hydrogen-bond acceptors (Lipinski definition) is 1. The van der Waals surface area contributed by atoms with Crippen LogP contribution in [0.4, 0.5) is 0 Å². The Kier molecular flexibility index (Phi) is 7.75. The molecular weight excluding hydrogens is 218 g/mol. The molecule has 1 N–H and O–H groups in total. The molecule has 1 aromatic rings. The average molecular weight is 247 g/mol. The van der Waals surface area contributed by atoms with Crippen LogP contribution >= 0.6 is 0 Å². The van der Waals surface area contributed by atoms with Crippen LogP contribution in [0.25, 0.3) is 0 Å². The fourth-order valence-electron chi connectivity index (χ4n) is 2.13. The molecule has 0 saturated heterocycles. The summed E-state index contributed by atoms with van der Waals surface area (Å²) in [5.74, 6) is 0.642. The Morgan fingerprint density at radius 1 is 0.944 bits per heavy atom. The molecule has 0 amide bonds. The van der Waals surface area contributed by atoms with Crippen molar-refractivity contribution in [2.24, 2.45) is 0 Å². The Hall–Kier alpha value is -0.820. The van der Waals surface area contributed by atoms with Gasteiger partial charge in [-0.05, 0) is 55.8 Å². The normalized spacial score (nSPS) is 11.1. The molecule has 1 aromatic carbocycles. The van der Waals surface area contributed by atoms with Crippen LogP contribution in [0.1, 0.15) is 63.5 Å². The van der Waals surface area contributed by atoms with E-state index in [1.807, 2.05) is 0 Å². The number of hydrogen-bond donors (Lipinski definition) is 1. The quantitative estimate of drug-likeness (QED) is 0.633. The fraction of sp³-hybridized carbons (Fsp3) is 0.647. The number of aryl methyl sites for hydroxylation is 1. The van der Waals surface area contributed by atoms with E-state index in [0.29, 0.717) is 5.92 Å². The van der Waals surface area contributed by atoms with Crippen LogP contribution < -0.4 is 5.32 Å². The van der Waals surface area contributed by atoms with E-state index in [0.717, 1.165) is 6.54 Å². The average Bonchev–Trinajstić information content (AvgIpc) is 2.38. The molecule has 0 unspecified atom stereocenters. The van der Waals surface area contributed by atoms with Crippen molar-refractivity contribution in [1.29, 1.82) is 0 Å². The second kappa shape index (κ2) is 9.16. The molecule has 1 heteroatoms. The molecule has 0 aliphatic heterocycles. The molecule has 0 aromatic heterocycles. The van der Waals surface area contributed by atoms with Crippen LogP contribution in [0.3, 0.4) is 0 Å². The first-order chi connectivity index (χ1) is 8.74. The molecule has 0 spiro atoms. The van der Waals surface area contributed by atoms with Crippen molar-refractivity contribution in [2.75, 3.05) is 13.1 Å². The summed E-state index contributed by atoms with van der Waals surface area (Å²) in [5, 5.41) is 3.45. The predicted molar refractivity (Wildman–Crippen MR) is 81.2 cm³/mol. The SMILES string of the molecule is CCCNCCCCCc1ccc(C(C)C)cc1. The van der Waals surface area contributed by atoms with Crippen molar-refractivity contribution >= 4 is 0 Å². The molecule has 0 saturated carbocycles. The molecule has 0 heterocycles. The van der Waals surface area contributed by atoms with Crippen LogP contribution in [0.5, 0.6) is 0 Å². The van der Waals surface area contributed by atoms with Crippen molar-refractivity contribution in [2.45, 2.75) is 58.8 Å². The van der Waals surface area contributed by atoms with Gasteiger partial charge in [0.1, 0.15) is 0 Å². The molecule has 0 fully saturated rings. The molecule has 18 heavy (non-hydrogen) atoms. The van der Waals surface area contributed by atoms with Gasteiger partial charge in [0.2, 0.25) is 0 Å². The minimum absolute atomic E-state index is 0.642. The van der Waals surface area contributed by atoms with Crippen LogP contribution in [-0.4, -0.2) is 13.1 Å².